The third kappa shape index (κ3) is 4.03. The maximum atomic E-state index is 13.8. The van der Waals surface area contributed by atoms with E-state index in [0.29, 0.717) is 49.1 Å². The SMILES string of the molecule is CCn1c(=O)[nH]c2cc(C(=O)NCC3(c4cccc(F)c4)CCOCC3)ccc2c1=O. The molecule has 1 saturated heterocycles. The van der Waals surface area contributed by atoms with Gasteiger partial charge in [0.1, 0.15) is 5.82 Å². The molecule has 2 heterocycles. The van der Waals surface area contributed by atoms with Crippen LogP contribution in [0.4, 0.5) is 4.39 Å². The molecule has 4 rings (SSSR count). The minimum atomic E-state index is -0.509. The van der Waals surface area contributed by atoms with Crippen molar-refractivity contribution in [2.24, 2.45) is 0 Å². The molecule has 1 aliphatic rings. The van der Waals surface area contributed by atoms with Gasteiger partial charge in [-0.05, 0) is 55.7 Å². The Kier molecular flexibility index (Phi) is 5.73. The Labute approximate surface area is 177 Å². The third-order valence-electron chi connectivity index (χ3n) is 6.03. The van der Waals surface area contributed by atoms with Gasteiger partial charge in [-0.1, -0.05) is 12.1 Å². The second-order valence-electron chi connectivity index (χ2n) is 7.83. The van der Waals surface area contributed by atoms with E-state index >= 15 is 0 Å². The molecule has 1 aliphatic heterocycles. The van der Waals surface area contributed by atoms with Gasteiger partial charge in [0.05, 0.1) is 10.9 Å². The van der Waals surface area contributed by atoms with Crippen LogP contribution in [-0.2, 0) is 16.7 Å². The summed E-state index contributed by atoms with van der Waals surface area (Å²) in [6, 6.07) is 11.1. The third-order valence-corrected chi connectivity index (χ3v) is 6.03. The Morgan fingerprint density at radius 2 is 1.97 bits per heavy atom. The number of fused-ring (bicyclic) bond motifs is 1. The molecule has 0 saturated carbocycles. The maximum absolute atomic E-state index is 13.8. The molecule has 7 nitrogen and oxygen atoms in total. The fraction of sp³-hybridized carbons (Fsp3) is 0.348. The topological polar surface area (TPSA) is 93.2 Å². The Morgan fingerprint density at radius 3 is 2.68 bits per heavy atom. The lowest BCUT2D eigenvalue weighted by molar-refractivity contribution is 0.0486. The van der Waals surface area contributed by atoms with E-state index in [2.05, 4.69) is 10.3 Å². The maximum Gasteiger partial charge on any atom is 0.328 e. The first-order valence-corrected chi connectivity index (χ1v) is 10.3. The van der Waals surface area contributed by atoms with Crippen molar-refractivity contribution in [2.45, 2.75) is 31.7 Å². The van der Waals surface area contributed by atoms with E-state index in [-0.39, 0.29) is 23.8 Å². The number of hydrogen-bond donors (Lipinski definition) is 2. The van der Waals surface area contributed by atoms with E-state index in [1.165, 1.54) is 18.2 Å². The van der Waals surface area contributed by atoms with Crippen molar-refractivity contribution < 1.29 is 13.9 Å². The van der Waals surface area contributed by atoms with Crippen LogP contribution in [0, 0.1) is 5.82 Å². The monoisotopic (exact) mass is 425 g/mol. The number of benzene rings is 2. The number of hydrogen-bond acceptors (Lipinski definition) is 4. The van der Waals surface area contributed by atoms with Crippen molar-refractivity contribution in [3.8, 4) is 0 Å². The Hall–Kier alpha value is -3.26. The van der Waals surface area contributed by atoms with Gasteiger partial charge in [-0.2, -0.15) is 0 Å². The van der Waals surface area contributed by atoms with Gasteiger partial charge in [0, 0.05) is 37.3 Å². The highest BCUT2D eigenvalue weighted by atomic mass is 19.1. The van der Waals surface area contributed by atoms with Gasteiger partial charge in [-0.25, -0.2) is 9.18 Å². The Morgan fingerprint density at radius 1 is 1.19 bits per heavy atom. The molecule has 0 unspecified atom stereocenters. The van der Waals surface area contributed by atoms with E-state index in [0.717, 1.165) is 10.1 Å². The number of rotatable bonds is 5. The zero-order valence-corrected chi connectivity index (χ0v) is 17.2. The summed E-state index contributed by atoms with van der Waals surface area (Å²) in [6.45, 7) is 3.37. The van der Waals surface area contributed by atoms with Gasteiger partial charge in [0.15, 0.2) is 0 Å². The second kappa shape index (κ2) is 8.47. The van der Waals surface area contributed by atoms with E-state index in [1.54, 1.807) is 25.1 Å². The van der Waals surface area contributed by atoms with Crippen molar-refractivity contribution in [3.63, 3.8) is 0 Å². The van der Waals surface area contributed by atoms with Crippen LogP contribution in [0.3, 0.4) is 0 Å². The summed E-state index contributed by atoms with van der Waals surface area (Å²) < 4.78 is 20.4. The summed E-state index contributed by atoms with van der Waals surface area (Å²) in [5, 5.41) is 3.30. The molecule has 8 heteroatoms. The normalized spacial score (nSPS) is 15.7. The van der Waals surface area contributed by atoms with Crippen LogP contribution in [0.1, 0.15) is 35.7 Å². The van der Waals surface area contributed by atoms with Crippen LogP contribution in [0.5, 0.6) is 0 Å². The number of ether oxygens (including phenoxy) is 1. The Balaban J connectivity index is 1.60. The smallest absolute Gasteiger partial charge is 0.328 e. The van der Waals surface area contributed by atoms with Gasteiger partial charge in [0.2, 0.25) is 0 Å². The highest BCUT2D eigenvalue weighted by Crippen LogP contribution is 2.34. The Bertz CT molecular complexity index is 1240. The quantitative estimate of drug-likeness (QED) is 0.656. The van der Waals surface area contributed by atoms with Crippen molar-refractivity contribution in [2.75, 3.05) is 19.8 Å². The fourth-order valence-corrected chi connectivity index (χ4v) is 4.18. The number of halogens is 1. The lowest BCUT2D eigenvalue weighted by atomic mass is 9.74. The van der Waals surface area contributed by atoms with Crippen molar-refractivity contribution >= 4 is 16.8 Å². The van der Waals surface area contributed by atoms with Gasteiger partial charge in [-0.15, -0.1) is 0 Å². The molecule has 2 N–H and O–H groups in total. The summed E-state index contributed by atoms with van der Waals surface area (Å²) in [5.41, 5.74) is 0.164. The van der Waals surface area contributed by atoms with Crippen LogP contribution in [0.15, 0.2) is 52.1 Å². The average Bonchev–Trinajstić information content (AvgIpc) is 2.78. The molecule has 2 aromatic carbocycles. The highest BCUT2D eigenvalue weighted by Gasteiger charge is 2.35. The number of nitrogens with zero attached hydrogens (tertiary/aromatic N) is 1. The van der Waals surface area contributed by atoms with Crippen LogP contribution >= 0.6 is 0 Å². The molecule has 0 bridgehead atoms. The number of H-pyrrole nitrogens is 1. The first-order valence-electron chi connectivity index (χ1n) is 10.3. The van der Waals surface area contributed by atoms with Crippen molar-refractivity contribution in [1.82, 2.24) is 14.9 Å². The van der Waals surface area contributed by atoms with E-state index in [9.17, 15) is 18.8 Å². The molecular weight excluding hydrogens is 401 g/mol. The lowest BCUT2D eigenvalue weighted by Gasteiger charge is -2.38. The van der Waals surface area contributed by atoms with Crippen LogP contribution in [0.25, 0.3) is 10.9 Å². The molecule has 0 atom stereocenters. The van der Waals surface area contributed by atoms with Crippen LogP contribution in [-0.4, -0.2) is 35.2 Å². The van der Waals surface area contributed by atoms with Gasteiger partial charge in [-0.3, -0.25) is 14.2 Å². The largest absolute Gasteiger partial charge is 0.381 e. The molecule has 0 spiro atoms. The lowest BCUT2D eigenvalue weighted by Crippen LogP contribution is -2.44. The predicted molar refractivity (Wildman–Crippen MR) is 115 cm³/mol. The minimum Gasteiger partial charge on any atom is -0.381 e. The molecule has 31 heavy (non-hydrogen) atoms. The van der Waals surface area contributed by atoms with Crippen molar-refractivity contribution in [1.29, 1.82) is 0 Å². The van der Waals surface area contributed by atoms with E-state index < -0.39 is 11.1 Å². The molecule has 162 valence electrons. The van der Waals surface area contributed by atoms with Gasteiger partial charge < -0.3 is 15.0 Å². The number of nitrogens with one attached hydrogen (secondary N) is 2. The first kappa shape index (κ1) is 21.0. The predicted octanol–water partition coefficient (Wildman–Crippen LogP) is 2.33. The zero-order chi connectivity index (χ0) is 22.0. The minimum absolute atomic E-state index is 0.262. The number of carbonyl (C=O) groups excluding carboxylic acids is 1. The number of amides is 1. The second-order valence-corrected chi connectivity index (χ2v) is 7.83. The molecular formula is C23H24FN3O4. The number of aromatic amines is 1. The van der Waals surface area contributed by atoms with E-state index in [1.807, 2.05) is 6.07 Å². The first-order chi connectivity index (χ1) is 14.9. The number of aromatic nitrogens is 2. The summed E-state index contributed by atoms with van der Waals surface area (Å²) in [6.07, 6.45) is 1.33. The van der Waals surface area contributed by atoms with Crippen LogP contribution in [0.2, 0.25) is 0 Å². The van der Waals surface area contributed by atoms with Gasteiger partial charge in [0.25, 0.3) is 11.5 Å². The summed E-state index contributed by atoms with van der Waals surface area (Å²) in [7, 11) is 0. The van der Waals surface area contributed by atoms with E-state index in [4.69, 9.17) is 4.74 Å². The molecule has 0 aliphatic carbocycles. The molecule has 1 aromatic heterocycles. The van der Waals surface area contributed by atoms with Crippen molar-refractivity contribution in [3.05, 3.63) is 80.2 Å². The molecule has 1 fully saturated rings. The number of carbonyl (C=O) groups is 1. The zero-order valence-electron chi connectivity index (χ0n) is 17.2. The van der Waals surface area contributed by atoms with Crippen LogP contribution < -0.4 is 16.6 Å². The summed E-state index contributed by atoms with van der Waals surface area (Å²) >= 11 is 0. The summed E-state index contributed by atoms with van der Waals surface area (Å²) in [4.78, 5) is 40.0. The molecule has 3 aromatic rings. The fourth-order valence-electron chi connectivity index (χ4n) is 4.18. The highest BCUT2D eigenvalue weighted by molar-refractivity contribution is 5.97. The average molecular weight is 425 g/mol. The standard InChI is InChI=1S/C23H24FN3O4/c1-2-27-21(29)18-7-6-15(12-19(18)26-22(27)30)20(28)25-14-23(8-10-31-11-9-23)16-4-3-5-17(24)13-16/h3-7,12-13H,2,8-11,14H2,1H3,(H,25,28)(H,26,30). The molecule has 1 amide bonds. The van der Waals surface area contributed by atoms with Gasteiger partial charge >= 0.3 is 5.69 Å². The summed E-state index contributed by atoms with van der Waals surface area (Å²) in [5.74, 6) is -0.643. The molecule has 0 radical (unpaired) electrons.